The number of phenolic OH excluding ortho intramolecular Hbond substituents is 2. The molecule has 0 unspecified atom stereocenters. The molecule has 0 bridgehead atoms. The molecular weight excluding hydrogens is 352 g/mol. The van der Waals surface area contributed by atoms with Crippen molar-refractivity contribution in [3.8, 4) is 11.5 Å². The normalized spacial score (nSPS) is 11.7. The summed E-state index contributed by atoms with van der Waals surface area (Å²) in [6, 6.07) is 0. The van der Waals surface area contributed by atoms with Crippen LogP contribution in [0.4, 0.5) is 35.1 Å². The third-order valence-corrected chi connectivity index (χ3v) is 3.48. The second-order valence-electron chi connectivity index (χ2n) is 4.71. The van der Waals surface area contributed by atoms with Crippen molar-refractivity contribution < 1.29 is 45.3 Å². The Bertz CT molecular complexity index is 896. The molecule has 3 aromatic carbocycles. The fourth-order valence-electron chi connectivity index (χ4n) is 2.39. The SMILES string of the molecule is Oc1c(F)c(F)c(O)c2c(F)c3c(F)c(F)c(F)c(F)c3c(F)c12. The predicted molar refractivity (Wildman–Crippen MR) is 64.4 cm³/mol. The number of hydrogen-bond donors (Lipinski definition) is 2. The van der Waals surface area contributed by atoms with Gasteiger partial charge in [-0.3, -0.25) is 0 Å². The molecule has 0 aliphatic rings. The van der Waals surface area contributed by atoms with Crippen molar-refractivity contribution in [1.82, 2.24) is 0 Å². The first-order chi connectivity index (χ1) is 11.1. The van der Waals surface area contributed by atoms with Gasteiger partial charge in [-0.1, -0.05) is 0 Å². The van der Waals surface area contributed by atoms with E-state index in [0.717, 1.165) is 0 Å². The van der Waals surface area contributed by atoms with Crippen LogP contribution < -0.4 is 0 Å². The van der Waals surface area contributed by atoms with Crippen molar-refractivity contribution in [1.29, 1.82) is 0 Å². The van der Waals surface area contributed by atoms with Gasteiger partial charge in [0.2, 0.25) is 11.6 Å². The topological polar surface area (TPSA) is 40.5 Å². The monoisotopic (exact) mass is 354 g/mol. The van der Waals surface area contributed by atoms with E-state index in [2.05, 4.69) is 0 Å². The molecule has 0 radical (unpaired) electrons. The van der Waals surface area contributed by atoms with Gasteiger partial charge in [-0.25, -0.2) is 26.3 Å². The van der Waals surface area contributed by atoms with Crippen molar-refractivity contribution >= 4 is 21.5 Å². The van der Waals surface area contributed by atoms with Crippen LogP contribution in [0.25, 0.3) is 21.5 Å². The third-order valence-electron chi connectivity index (χ3n) is 3.48. The maximum Gasteiger partial charge on any atom is 0.205 e. The van der Waals surface area contributed by atoms with E-state index in [-0.39, 0.29) is 0 Å². The molecule has 0 saturated heterocycles. The van der Waals surface area contributed by atoms with Gasteiger partial charge in [0.25, 0.3) is 0 Å². The van der Waals surface area contributed by atoms with Crippen LogP contribution in [-0.2, 0) is 0 Å². The van der Waals surface area contributed by atoms with Crippen LogP contribution >= 0.6 is 0 Å². The molecule has 0 aliphatic carbocycles. The van der Waals surface area contributed by atoms with Gasteiger partial charge in [0.1, 0.15) is 11.6 Å². The number of phenols is 2. The second kappa shape index (κ2) is 4.86. The third kappa shape index (κ3) is 1.70. The van der Waals surface area contributed by atoms with Gasteiger partial charge in [-0.15, -0.1) is 0 Å². The van der Waals surface area contributed by atoms with Crippen LogP contribution in [0.5, 0.6) is 11.5 Å². The Kier molecular flexibility index (Phi) is 3.26. The summed E-state index contributed by atoms with van der Waals surface area (Å²) >= 11 is 0. The van der Waals surface area contributed by atoms with Crippen LogP contribution in [0.15, 0.2) is 0 Å². The molecule has 24 heavy (non-hydrogen) atoms. The molecule has 0 amide bonds. The number of hydrogen-bond acceptors (Lipinski definition) is 2. The Hall–Kier alpha value is -2.78. The van der Waals surface area contributed by atoms with Crippen molar-refractivity contribution in [3.63, 3.8) is 0 Å². The average molecular weight is 354 g/mol. The van der Waals surface area contributed by atoms with E-state index < -0.39 is 79.6 Å². The van der Waals surface area contributed by atoms with Crippen molar-refractivity contribution in [3.05, 3.63) is 46.5 Å². The molecule has 0 heterocycles. The Labute approximate surface area is 126 Å². The minimum Gasteiger partial charge on any atom is -0.504 e. The highest BCUT2D eigenvalue weighted by Crippen LogP contribution is 2.45. The van der Waals surface area contributed by atoms with E-state index in [1.807, 2.05) is 0 Å². The minimum atomic E-state index is -2.48. The lowest BCUT2D eigenvalue weighted by atomic mass is 9.98. The summed E-state index contributed by atoms with van der Waals surface area (Å²) in [5.41, 5.74) is 0. The summed E-state index contributed by atoms with van der Waals surface area (Å²) in [6.45, 7) is 0. The van der Waals surface area contributed by atoms with Crippen LogP contribution in [0.1, 0.15) is 0 Å². The highest BCUT2D eigenvalue weighted by molar-refractivity contribution is 6.05. The molecule has 0 fully saturated rings. The van der Waals surface area contributed by atoms with Gasteiger partial charge in [0.05, 0.1) is 21.5 Å². The average Bonchev–Trinajstić information content (AvgIpc) is 2.55. The molecule has 0 saturated carbocycles. The molecule has 0 aromatic heterocycles. The van der Waals surface area contributed by atoms with E-state index >= 15 is 0 Å². The standard InChI is InChI=1S/C14H2F8O2/c15-5-1-2(8(18)10(20)9(19)7(1)17)6(16)4-3(5)13(23)11(21)12(22)14(4)24/h23-24H. The number of fused-ring (bicyclic) bond motifs is 2. The first-order valence-corrected chi connectivity index (χ1v) is 5.96. The summed E-state index contributed by atoms with van der Waals surface area (Å²) in [6.07, 6.45) is 0. The predicted octanol–water partition coefficient (Wildman–Crippen LogP) is 4.52. The Morgan fingerprint density at radius 1 is 0.333 bits per heavy atom. The molecule has 2 nitrogen and oxygen atoms in total. The first-order valence-electron chi connectivity index (χ1n) is 5.96. The maximum absolute atomic E-state index is 14.3. The van der Waals surface area contributed by atoms with Gasteiger partial charge in [0, 0.05) is 0 Å². The largest absolute Gasteiger partial charge is 0.504 e. The summed E-state index contributed by atoms with van der Waals surface area (Å²) in [4.78, 5) is 0. The lowest BCUT2D eigenvalue weighted by Gasteiger charge is -2.13. The van der Waals surface area contributed by atoms with Gasteiger partial charge in [-0.05, 0) is 0 Å². The number of aromatic hydroxyl groups is 2. The number of halogens is 8. The zero-order chi connectivity index (χ0) is 18.1. The Balaban J connectivity index is 2.82. The fraction of sp³-hybridized carbons (Fsp3) is 0. The first kappa shape index (κ1) is 16.1. The summed E-state index contributed by atoms with van der Waals surface area (Å²) in [5, 5.41) is 12.1. The lowest BCUT2D eigenvalue weighted by Crippen LogP contribution is -2.04. The molecule has 3 aromatic rings. The molecule has 126 valence electrons. The van der Waals surface area contributed by atoms with Crippen LogP contribution in [0.3, 0.4) is 0 Å². The van der Waals surface area contributed by atoms with Gasteiger partial charge < -0.3 is 10.2 Å². The number of rotatable bonds is 0. The smallest absolute Gasteiger partial charge is 0.205 e. The van der Waals surface area contributed by atoms with Crippen molar-refractivity contribution in [2.24, 2.45) is 0 Å². The van der Waals surface area contributed by atoms with Gasteiger partial charge in [0.15, 0.2) is 34.8 Å². The zero-order valence-electron chi connectivity index (χ0n) is 10.9. The lowest BCUT2D eigenvalue weighted by molar-refractivity contribution is 0.379. The summed E-state index contributed by atoms with van der Waals surface area (Å²) < 4.78 is 109. The fourth-order valence-corrected chi connectivity index (χ4v) is 2.39. The zero-order valence-corrected chi connectivity index (χ0v) is 10.9. The molecular formula is C14H2F8O2. The van der Waals surface area contributed by atoms with E-state index in [0.29, 0.717) is 0 Å². The Morgan fingerprint density at radius 3 is 0.917 bits per heavy atom. The van der Waals surface area contributed by atoms with E-state index in [9.17, 15) is 45.3 Å². The molecule has 0 atom stereocenters. The van der Waals surface area contributed by atoms with E-state index in [1.54, 1.807) is 0 Å². The van der Waals surface area contributed by atoms with E-state index in [4.69, 9.17) is 0 Å². The minimum absolute atomic E-state index is 1.57. The molecule has 2 N–H and O–H groups in total. The van der Waals surface area contributed by atoms with Crippen LogP contribution in [0, 0.1) is 46.5 Å². The van der Waals surface area contributed by atoms with Crippen LogP contribution in [-0.4, -0.2) is 10.2 Å². The van der Waals surface area contributed by atoms with E-state index in [1.165, 1.54) is 0 Å². The molecule has 0 aliphatic heterocycles. The van der Waals surface area contributed by atoms with Crippen molar-refractivity contribution in [2.75, 3.05) is 0 Å². The van der Waals surface area contributed by atoms with Crippen LogP contribution in [0.2, 0.25) is 0 Å². The highest BCUT2D eigenvalue weighted by Gasteiger charge is 2.32. The number of benzene rings is 3. The second-order valence-corrected chi connectivity index (χ2v) is 4.71. The van der Waals surface area contributed by atoms with Gasteiger partial charge in [-0.2, -0.15) is 8.78 Å². The van der Waals surface area contributed by atoms with Gasteiger partial charge >= 0.3 is 0 Å². The maximum atomic E-state index is 14.3. The van der Waals surface area contributed by atoms with Crippen molar-refractivity contribution in [2.45, 2.75) is 0 Å². The summed E-state index contributed by atoms with van der Waals surface area (Å²) in [5.74, 6) is -22.1. The quantitative estimate of drug-likeness (QED) is 0.205. The molecule has 3 rings (SSSR count). The molecule has 0 spiro atoms. The summed E-state index contributed by atoms with van der Waals surface area (Å²) in [7, 11) is 0. The Morgan fingerprint density at radius 2 is 0.625 bits per heavy atom. The molecule has 10 heteroatoms. The highest BCUT2D eigenvalue weighted by atomic mass is 19.2.